The topological polar surface area (TPSA) is 55.4 Å². The lowest BCUT2D eigenvalue weighted by molar-refractivity contribution is -0.143. The molecule has 0 heterocycles. The lowest BCUT2D eigenvalue weighted by atomic mass is 9.90. The normalized spacial score (nSPS) is 13.0. The monoisotopic (exact) mass is 323 g/mol. The van der Waals surface area contributed by atoms with Crippen molar-refractivity contribution in [2.24, 2.45) is 0 Å². The Morgan fingerprint density at radius 1 is 0.958 bits per heavy atom. The molecule has 0 radical (unpaired) electrons. The summed E-state index contributed by atoms with van der Waals surface area (Å²) in [5.74, 6) is -0.676. The molecule has 1 N–H and O–H groups in total. The van der Waals surface area contributed by atoms with E-state index in [2.05, 4.69) is 5.32 Å². The summed E-state index contributed by atoms with van der Waals surface area (Å²) in [6, 6.07) is 15.3. The van der Waals surface area contributed by atoms with E-state index in [1.54, 1.807) is 0 Å². The van der Waals surface area contributed by atoms with Crippen molar-refractivity contribution in [3.05, 3.63) is 70.8 Å². The van der Waals surface area contributed by atoms with Crippen molar-refractivity contribution in [2.75, 3.05) is 6.54 Å². The van der Waals surface area contributed by atoms with E-state index in [0.717, 1.165) is 18.4 Å². The number of rotatable bonds is 5. The van der Waals surface area contributed by atoms with Gasteiger partial charge in [0, 0.05) is 5.56 Å². The first-order valence-electron chi connectivity index (χ1n) is 8.32. The number of amides is 1. The molecule has 24 heavy (non-hydrogen) atoms. The molecule has 2 aromatic rings. The minimum Gasteiger partial charge on any atom is -0.460 e. The molecule has 1 aliphatic rings. The van der Waals surface area contributed by atoms with Crippen molar-refractivity contribution >= 4 is 11.9 Å². The van der Waals surface area contributed by atoms with Crippen molar-refractivity contribution in [1.29, 1.82) is 0 Å². The summed E-state index contributed by atoms with van der Waals surface area (Å²) >= 11 is 0. The van der Waals surface area contributed by atoms with Gasteiger partial charge in [-0.15, -0.1) is 0 Å². The van der Waals surface area contributed by atoms with Gasteiger partial charge in [-0.25, -0.2) is 0 Å². The van der Waals surface area contributed by atoms with Crippen LogP contribution in [0.15, 0.2) is 48.5 Å². The fraction of sp³-hybridized carbons (Fsp3) is 0.300. The first-order chi connectivity index (χ1) is 11.7. The Labute approximate surface area is 141 Å². The molecule has 3 rings (SSSR count). The van der Waals surface area contributed by atoms with Crippen LogP contribution in [0.1, 0.15) is 39.9 Å². The van der Waals surface area contributed by atoms with E-state index in [1.807, 2.05) is 48.5 Å². The number of carbonyl (C=O) groups excluding carboxylic acids is 2. The molecule has 124 valence electrons. The van der Waals surface area contributed by atoms with E-state index < -0.39 is 5.97 Å². The second-order valence-electron chi connectivity index (χ2n) is 6.02. The maximum Gasteiger partial charge on any atom is 0.325 e. The minimum absolute atomic E-state index is 0.122. The predicted molar refractivity (Wildman–Crippen MR) is 91.7 cm³/mol. The number of nitrogens with one attached hydrogen (secondary N) is 1. The van der Waals surface area contributed by atoms with Crippen LogP contribution in [0.5, 0.6) is 0 Å². The van der Waals surface area contributed by atoms with E-state index in [4.69, 9.17) is 4.74 Å². The van der Waals surface area contributed by atoms with E-state index in [1.165, 1.54) is 24.0 Å². The third-order valence-corrected chi connectivity index (χ3v) is 4.25. The molecule has 1 amide bonds. The molecule has 4 heteroatoms. The lowest BCUT2D eigenvalue weighted by Crippen LogP contribution is -2.30. The molecule has 0 aliphatic heterocycles. The fourth-order valence-electron chi connectivity index (χ4n) is 2.92. The summed E-state index contributed by atoms with van der Waals surface area (Å²) in [7, 11) is 0. The fourth-order valence-corrected chi connectivity index (χ4v) is 2.92. The van der Waals surface area contributed by atoms with Crippen LogP contribution >= 0.6 is 0 Å². The van der Waals surface area contributed by atoms with E-state index in [-0.39, 0.29) is 19.1 Å². The quantitative estimate of drug-likeness (QED) is 0.861. The van der Waals surface area contributed by atoms with Gasteiger partial charge in [-0.05, 0) is 54.5 Å². The van der Waals surface area contributed by atoms with Gasteiger partial charge in [0.1, 0.15) is 13.2 Å². The first kappa shape index (κ1) is 16.2. The van der Waals surface area contributed by atoms with Gasteiger partial charge in [0.15, 0.2) is 0 Å². The van der Waals surface area contributed by atoms with E-state index in [9.17, 15) is 9.59 Å². The number of esters is 1. The largest absolute Gasteiger partial charge is 0.460 e. The van der Waals surface area contributed by atoms with Crippen LogP contribution in [-0.4, -0.2) is 18.4 Å². The number of aryl methyl sites for hydroxylation is 2. The minimum atomic E-state index is -0.440. The molecule has 4 nitrogen and oxygen atoms in total. The highest BCUT2D eigenvalue weighted by Crippen LogP contribution is 2.22. The van der Waals surface area contributed by atoms with Crippen LogP contribution in [0, 0.1) is 0 Å². The smallest absolute Gasteiger partial charge is 0.325 e. The highest BCUT2D eigenvalue weighted by molar-refractivity contribution is 5.96. The zero-order chi connectivity index (χ0) is 16.8. The molecule has 0 bridgehead atoms. The molecule has 0 spiro atoms. The molecular weight excluding hydrogens is 302 g/mol. The van der Waals surface area contributed by atoms with Gasteiger partial charge in [0.2, 0.25) is 0 Å². The summed E-state index contributed by atoms with van der Waals surface area (Å²) < 4.78 is 5.15. The van der Waals surface area contributed by atoms with Crippen LogP contribution in [-0.2, 0) is 29.0 Å². The maximum absolute atomic E-state index is 12.2. The number of fused-ring (bicyclic) bond motifs is 1. The van der Waals surface area contributed by atoms with Crippen LogP contribution in [0.4, 0.5) is 0 Å². The highest BCUT2D eigenvalue weighted by Gasteiger charge is 2.13. The summed E-state index contributed by atoms with van der Waals surface area (Å²) in [6.07, 6.45) is 4.49. The Kier molecular flexibility index (Phi) is 5.26. The number of hydrogen-bond acceptors (Lipinski definition) is 3. The standard InChI is InChI=1S/C20H21NO3/c22-19(24-14-15-6-2-1-3-7-15)13-21-20(23)18-11-10-16-8-4-5-9-17(16)12-18/h1-3,6-7,10-12H,4-5,8-9,13-14H2,(H,21,23). The van der Waals surface area contributed by atoms with Gasteiger partial charge in [0.05, 0.1) is 0 Å². The van der Waals surface area contributed by atoms with E-state index in [0.29, 0.717) is 5.56 Å². The molecule has 0 fully saturated rings. The Balaban J connectivity index is 1.49. The van der Waals surface area contributed by atoms with Crippen LogP contribution in [0.3, 0.4) is 0 Å². The van der Waals surface area contributed by atoms with Crippen molar-refractivity contribution in [2.45, 2.75) is 32.3 Å². The summed E-state index contributed by atoms with van der Waals surface area (Å²) in [4.78, 5) is 23.9. The molecule has 1 aliphatic carbocycles. The molecule has 0 atom stereocenters. The zero-order valence-corrected chi connectivity index (χ0v) is 13.6. The van der Waals surface area contributed by atoms with Gasteiger partial charge in [-0.2, -0.15) is 0 Å². The Morgan fingerprint density at radius 3 is 2.50 bits per heavy atom. The van der Waals surface area contributed by atoms with E-state index >= 15 is 0 Å². The van der Waals surface area contributed by atoms with Crippen LogP contribution < -0.4 is 5.32 Å². The number of carbonyl (C=O) groups is 2. The molecule has 0 saturated heterocycles. The number of ether oxygens (including phenoxy) is 1. The summed E-state index contributed by atoms with van der Waals surface area (Å²) in [5, 5.41) is 2.63. The number of hydrogen-bond donors (Lipinski definition) is 1. The van der Waals surface area contributed by atoms with Gasteiger partial charge >= 0.3 is 5.97 Å². The van der Waals surface area contributed by atoms with Gasteiger partial charge in [-0.3, -0.25) is 9.59 Å². The lowest BCUT2D eigenvalue weighted by Gasteiger charge is -2.16. The average molecular weight is 323 g/mol. The molecular formula is C20H21NO3. The molecule has 0 saturated carbocycles. The van der Waals surface area contributed by atoms with Crippen molar-refractivity contribution in [3.8, 4) is 0 Å². The maximum atomic E-state index is 12.2. The molecule has 0 aromatic heterocycles. The van der Waals surface area contributed by atoms with Crippen molar-refractivity contribution < 1.29 is 14.3 Å². The Morgan fingerprint density at radius 2 is 1.71 bits per heavy atom. The second kappa shape index (κ2) is 7.77. The molecule has 0 unspecified atom stereocenters. The van der Waals surface area contributed by atoms with Gasteiger partial charge in [-0.1, -0.05) is 36.4 Å². The van der Waals surface area contributed by atoms with Crippen molar-refractivity contribution in [1.82, 2.24) is 5.32 Å². The zero-order valence-electron chi connectivity index (χ0n) is 13.6. The first-order valence-corrected chi connectivity index (χ1v) is 8.32. The predicted octanol–water partition coefficient (Wildman–Crippen LogP) is 3.04. The third kappa shape index (κ3) is 4.22. The Bertz CT molecular complexity index is 725. The Hall–Kier alpha value is -2.62. The SMILES string of the molecule is O=C(CNC(=O)c1ccc2c(c1)CCCC2)OCc1ccccc1. The summed E-state index contributed by atoms with van der Waals surface area (Å²) in [6.45, 7) is 0.0944. The second-order valence-corrected chi connectivity index (χ2v) is 6.02. The average Bonchev–Trinajstić information content (AvgIpc) is 2.65. The highest BCUT2D eigenvalue weighted by atomic mass is 16.5. The van der Waals surface area contributed by atoms with Gasteiger partial charge < -0.3 is 10.1 Å². The summed E-state index contributed by atoms with van der Waals surface area (Å²) in [5.41, 5.74) is 4.11. The van der Waals surface area contributed by atoms with Crippen LogP contribution in [0.25, 0.3) is 0 Å². The molecule has 2 aromatic carbocycles. The number of benzene rings is 2. The van der Waals surface area contributed by atoms with Gasteiger partial charge in [0.25, 0.3) is 5.91 Å². The van der Waals surface area contributed by atoms with Crippen LogP contribution in [0.2, 0.25) is 0 Å². The third-order valence-electron chi connectivity index (χ3n) is 4.25. The van der Waals surface area contributed by atoms with Crippen molar-refractivity contribution in [3.63, 3.8) is 0 Å².